The number of amides is 4. The third-order valence-electron chi connectivity index (χ3n) is 13.3. The van der Waals surface area contributed by atoms with E-state index in [-0.39, 0.29) is 29.8 Å². The lowest BCUT2D eigenvalue weighted by atomic mass is 9.90. The van der Waals surface area contributed by atoms with Crippen molar-refractivity contribution in [3.05, 3.63) is 78.1 Å². The van der Waals surface area contributed by atoms with Gasteiger partial charge in [0.1, 0.15) is 36.1 Å². The van der Waals surface area contributed by atoms with E-state index in [4.69, 9.17) is 33.7 Å². The molecule has 336 valence electrons. The minimum Gasteiger partial charge on any atom is -0.488 e. The first-order valence-electron chi connectivity index (χ1n) is 22.0. The average molecular weight is 875 g/mol. The molecule has 0 saturated carbocycles. The second-order valence-corrected chi connectivity index (χ2v) is 16.9. The standard InChI is InChI=1S/C47H54N8O9/c1-26(60-2)39(52-46(58)61-3)44(56)54-17-5-7-37(54)42-48-23-35(50-42)29-11-13-33-28(21-29)9-14-34-32-12-10-30(22-31(32)25-64-41(33)34)36-24-49-43(51-36)38-8-6-18-55(38)45(57)40(53-47(59)62-4)27-15-19-63-20-16-27/h9-14,21-24,26-27,37-40H,5-8,15-20,25H2,1-4H3,(H,48,50)(H,49,51)(H,52,58)(H,53,59). The van der Waals surface area contributed by atoms with Crippen molar-refractivity contribution in [2.24, 2.45) is 5.92 Å². The number of fused-ring (bicyclic) bond motifs is 5. The molecule has 4 N–H and O–H groups in total. The quantitative estimate of drug-likeness (QED) is 0.114. The number of aromatic nitrogens is 4. The number of alkyl carbamates (subject to hydrolysis) is 2. The Bertz CT molecular complexity index is 2550. The van der Waals surface area contributed by atoms with Crippen LogP contribution < -0.4 is 15.4 Å². The number of carbonyl (C=O) groups is 4. The Hall–Kier alpha value is -6.46. The molecule has 4 aliphatic rings. The molecular weight excluding hydrogens is 821 g/mol. The summed E-state index contributed by atoms with van der Waals surface area (Å²) in [6.07, 6.45) is 6.23. The maximum absolute atomic E-state index is 14.1. The van der Waals surface area contributed by atoms with Crippen LogP contribution in [0.3, 0.4) is 0 Å². The van der Waals surface area contributed by atoms with E-state index >= 15 is 0 Å². The maximum Gasteiger partial charge on any atom is 0.407 e. The van der Waals surface area contributed by atoms with Gasteiger partial charge in [-0.1, -0.05) is 30.3 Å². The largest absolute Gasteiger partial charge is 0.488 e. The monoisotopic (exact) mass is 874 g/mol. The summed E-state index contributed by atoms with van der Waals surface area (Å²) in [7, 11) is 4.07. The van der Waals surface area contributed by atoms with Crippen molar-refractivity contribution in [1.29, 1.82) is 0 Å². The third kappa shape index (κ3) is 8.25. The lowest BCUT2D eigenvalue weighted by Gasteiger charge is -2.34. The normalized spacial score (nSPS) is 19.9. The Morgan fingerprint density at radius 1 is 0.750 bits per heavy atom. The molecule has 17 heteroatoms. The highest BCUT2D eigenvalue weighted by molar-refractivity contribution is 5.98. The predicted octanol–water partition coefficient (Wildman–Crippen LogP) is 6.42. The molecule has 9 rings (SSSR count). The number of ether oxygens (including phenoxy) is 5. The maximum atomic E-state index is 14.1. The Balaban J connectivity index is 0.905. The summed E-state index contributed by atoms with van der Waals surface area (Å²) >= 11 is 0. The van der Waals surface area contributed by atoms with Gasteiger partial charge in [0.25, 0.3) is 0 Å². The number of methoxy groups -OCH3 is 3. The van der Waals surface area contributed by atoms with Crippen LogP contribution >= 0.6 is 0 Å². The first-order chi connectivity index (χ1) is 31.1. The smallest absolute Gasteiger partial charge is 0.407 e. The summed E-state index contributed by atoms with van der Waals surface area (Å²) < 4.78 is 27.1. The lowest BCUT2D eigenvalue weighted by molar-refractivity contribution is -0.138. The first kappa shape index (κ1) is 42.8. The molecular formula is C47H54N8O9. The number of nitrogens with zero attached hydrogens (tertiary/aromatic N) is 4. The van der Waals surface area contributed by atoms with Gasteiger partial charge in [0.15, 0.2) is 0 Å². The minimum atomic E-state index is -0.908. The zero-order valence-electron chi connectivity index (χ0n) is 36.5. The number of hydrogen-bond acceptors (Lipinski definition) is 11. The second-order valence-electron chi connectivity index (χ2n) is 16.9. The molecule has 64 heavy (non-hydrogen) atoms. The van der Waals surface area contributed by atoms with Gasteiger partial charge in [-0.05, 0) is 91.6 Å². The van der Waals surface area contributed by atoms with Crippen molar-refractivity contribution in [1.82, 2.24) is 40.4 Å². The van der Waals surface area contributed by atoms with E-state index in [0.29, 0.717) is 57.4 Å². The van der Waals surface area contributed by atoms with E-state index in [9.17, 15) is 19.2 Å². The van der Waals surface area contributed by atoms with Crippen LogP contribution in [0.4, 0.5) is 9.59 Å². The van der Waals surface area contributed by atoms with Gasteiger partial charge in [0.05, 0.1) is 56.2 Å². The Kier molecular flexibility index (Phi) is 12.3. The van der Waals surface area contributed by atoms with Gasteiger partial charge < -0.3 is 54.1 Å². The highest BCUT2D eigenvalue weighted by Gasteiger charge is 2.41. The van der Waals surface area contributed by atoms with Gasteiger partial charge in [0.2, 0.25) is 11.8 Å². The molecule has 3 saturated heterocycles. The summed E-state index contributed by atoms with van der Waals surface area (Å²) in [5.41, 5.74) is 6.74. The number of aromatic amines is 2. The Morgan fingerprint density at radius 2 is 1.36 bits per heavy atom. The topological polar surface area (TPSA) is 202 Å². The number of hydrogen-bond donors (Lipinski definition) is 4. The summed E-state index contributed by atoms with van der Waals surface area (Å²) in [4.78, 5) is 72.3. The molecule has 0 radical (unpaired) electrons. The van der Waals surface area contributed by atoms with Gasteiger partial charge in [-0.3, -0.25) is 9.59 Å². The number of likely N-dealkylation sites (tertiary alicyclic amines) is 2. The molecule has 2 aromatic heterocycles. The van der Waals surface area contributed by atoms with Gasteiger partial charge in [-0.15, -0.1) is 0 Å². The number of imidazole rings is 2. The summed E-state index contributed by atoms with van der Waals surface area (Å²) in [6, 6.07) is 14.6. The fourth-order valence-corrected chi connectivity index (χ4v) is 9.74. The zero-order valence-corrected chi connectivity index (χ0v) is 36.5. The van der Waals surface area contributed by atoms with E-state index in [1.54, 1.807) is 18.0 Å². The van der Waals surface area contributed by atoms with Crippen LogP contribution in [-0.4, -0.2) is 120 Å². The molecule has 6 heterocycles. The van der Waals surface area contributed by atoms with E-state index < -0.39 is 30.4 Å². The predicted molar refractivity (Wildman–Crippen MR) is 235 cm³/mol. The van der Waals surface area contributed by atoms with E-state index in [1.807, 2.05) is 17.2 Å². The second kappa shape index (κ2) is 18.3. The highest BCUT2D eigenvalue weighted by Crippen LogP contribution is 2.44. The fraction of sp³-hybridized carbons (Fsp3) is 0.447. The Labute approximate surface area is 370 Å². The molecule has 0 spiro atoms. The lowest BCUT2D eigenvalue weighted by Crippen LogP contribution is -2.54. The molecule has 3 fully saturated rings. The molecule has 4 amide bonds. The summed E-state index contributed by atoms with van der Waals surface area (Å²) in [6.45, 7) is 4.35. The molecule has 5 unspecified atom stereocenters. The van der Waals surface area contributed by atoms with Crippen molar-refractivity contribution in [2.45, 2.75) is 82.3 Å². The molecule has 0 bridgehead atoms. The molecule has 5 atom stereocenters. The van der Waals surface area contributed by atoms with Gasteiger partial charge >= 0.3 is 12.2 Å². The molecule has 4 aliphatic heterocycles. The molecule has 5 aromatic rings. The van der Waals surface area contributed by atoms with E-state index in [1.165, 1.54) is 21.3 Å². The van der Waals surface area contributed by atoms with Crippen LogP contribution in [0, 0.1) is 5.92 Å². The van der Waals surface area contributed by atoms with Crippen LogP contribution in [0.1, 0.15) is 74.7 Å². The Morgan fingerprint density at radius 3 is 2.02 bits per heavy atom. The SMILES string of the molecule is COC(=O)NC(C(=O)N1CCCC1c1ncc(-c2ccc3c(c2)COc2c-3ccc3cc(-c4cnc(C5CCCN5C(=O)C(NC(=O)OC)C(C)OC)[nH]4)ccc23)[nH]1)C1CCOCC1. The van der Waals surface area contributed by atoms with Gasteiger partial charge in [-0.25, -0.2) is 19.6 Å². The highest BCUT2D eigenvalue weighted by atomic mass is 16.5. The number of benzene rings is 3. The van der Waals surface area contributed by atoms with Crippen LogP contribution in [0.5, 0.6) is 5.75 Å². The molecule has 0 aliphatic carbocycles. The number of nitrogens with one attached hydrogen (secondary N) is 4. The number of H-pyrrole nitrogens is 2. The summed E-state index contributed by atoms with van der Waals surface area (Å²) in [5.74, 6) is 1.81. The fourth-order valence-electron chi connectivity index (χ4n) is 9.74. The van der Waals surface area contributed by atoms with Crippen LogP contribution in [0.2, 0.25) is 0 Å². The van der Waals surface area contributed by atoms with E-state index in [0.717, 1.165) is 81.4 Å². The van der Waals surface area contributed by atoms with Crippen LogP contribution in [0.25, 0.3) is 44.4 Å². The van der Waals surface area contributed by atoms with Crippen molar-refractivity contribution in [3.8, 4) is 39.4 Å². The third-order valence-corrected chi connectivity index (χ3v) is 13.3. The molecule has 17 nitrogen and oxygen atoms in total. The average Bonchev–Trinajstić information content (AvgIpc) is 4.19. The minimum absolute atomic E-state index is 0.0389. The van der Waals surface area contributed by atoms with Crippen molar-refractivity contribution in [3.63, 3.8) is 0 Å². The summed E-state index contributed by atoms with van der Waals surface area (Å²) in [5, 5.41) is 7.46. The van der Waals surface area contributed by atoms with Gasteiger partial charge in [-0.2, -0.15) is 0 Å². The van der Waals surface area contributed by atoms with Crippen molar-refractivity contribution >= 4 is 34.8 Å². The number of rotatable bonds is 11. The van der Waals surface area contributed by atoms with Gasteiger partial charge in [0, 0.05) is 49.9 Å². The van der Waals surface area contributed by atoms with Crippen LogP contribution in [-0.2, 0) is 35.1 Å². The number of carbonyl (C=O) groups excluding carboxylic acids is 4. The zero-order chi connectivity index (χ0) is 44.5. The molecule has 3 aromatic carbocycles. The van der Waals surface area contributed by atoms with Crippen molar-refractivity contribution in [2.75, 3.05) is 47.6 Å². The van der Waals surface area contributed by atoms with Crippen molar-refractivity contribution < 1.29 is 42.9 Å². The first-order valence-corrected chi connectivity index (χ1v) is 22.0. The van der Waals surface area contributed by atoms with Crippen LogP contribution in [0.15, 0.2) is 60.9 Å². The van der Waals surface area contributed by atoms with E-state index in [2.05, 4.69) is 63.1 Å².